The molecule has 1 aromatic rings. The first-order chi connectivity index (χ1) is 8.57. The molecule has 1 N–H and O–H groups in total. The van der Waals surface area contributed by atoms with Crippen molar-refractivity contribution in [3.05, 3.63) is 16.1 Å². The molecule has 3 nitrogen and oxygen atoms in total. The highest BCUT2D eigenvalue weighted by Gasteiger charge is 2.40. The zero-order valence-electron chi connectivity index (χ0n) is 12.0. The van der Waals surface area contributed by atoms with E-state index in [1.165, 1.54) is 17.8 Å². The minimum atomic E-state index is 0.112. The van der Waals surface area contributed by atoms with Gasteiger partial charge in [0.25, 0.3) is 0 Å². The fourth-order valence-corrected chi connectivity index (χ4v) is 3.73. The van der Waals surface area contributed by atoms with Crippen LogP contribution < -0.4 is 5.32 Å². The highest BCUT2D eigenvalue weighted by Crippen LogP contribution is 2.37. The third kappa shape index (κ3) is 2.76. The largest absolute Gasteiger partial charge is 0.305 e. The zero-order chi connectivity index (χ0) is 13.2. The van der Waals surface area contributed by atoms with Crippen molar-refractivity contribution in [2.45, 2.75) is 51.6 Å². The summed E-state index contributed by atoms with van der Waals surface area (Å²) in [5, 5.41) is 7.25. The quantitative estimate of drug-likeness (QED) is 0.909. The molecule has 0 saturated carbocycles. The van der Waals surface area contributed by atoms with Gasteiger partial charge in [-0.05, 0) is 46.7 Å². The van der Waals surface area contributed by atoms with E-state index in [2.05, 4.69) is 43.4 Å². The van der Waals surface area contributed by atoms with Gasteiger partial charge in [-0.15, -0.1) is 11.3 Å². The number of rotatable bonds is 4. The predicted octanol–water partition coefficient (Wildman–Crippen LogP) is 2.76. The van der Waals surface area contributed by atoms with Crippen molar-refractivity contribution in [3.63, 3.8) is 0 Å². The van der Waals surface area contributed by atoms with Gasteiger partial charge in [0.15, 0.2) is 0 Å². The van der Waals surface area contributed by atoms with Gasteiger partial charge in [-0.25, -0.2) is 4.98 Å². The number of hydrogen-bond donors (Lipinski definition) is 1. The number of likely N-dealkylation sites (tertiary alicyclic amines) is 1. The van der Waals surface area contributed by atoms with Crippen LogP contribution in [0.4, 0.5) is 0 Å². The summed E-state index contributed by atoms with van der Waals surface area (Å²) < 4.78 is 0. The molecule has 1 fully saturated rings. The summed E-state index contributed by atoms with van der Waals surface area (Å²) in [5.41, 5.74) is 1.26. The number of aryl methyl sites for hydroxylation is 1. The van der Waals surface area contributed by atoms with Gasteiger partial charge in [-0.1, -0.05) is 6.92 Å². The van der Waals surface area contributed by atoms with E-state index in [4.69, 9.17) is 4.98 Å². The molecule has 0 aromatic carbocycles. The van der Waals surface area contributed by atoms with Crippen LogP contribution in [0.15, 0.2) is 5.38 Å². The summed E-state index contributed by atoms with van der Waals surface area (Å²) in [4.78, 5) is 7.21. The number of piperidine rings is 1. The first-order valence-corrected chi connectivity index (χ1v) is 7.83. The number of thiazole rings is 1. The van der Waals surface area contributed by atoms with Gasteiger partial charge in [0, 0.05) is 23.7 Å². The van der Waals surface area contributed by atoms with Crippen LogP contribution in [-0.2, 0) is 5.54 Å². The SMILES string of the molecule is CCCNC1(c2nc(C)cs2)CCN(C)C(C)C1. The average molecular weight is 267 g/mol. The molecule has 2 atom stereocenters. The Bertz CT molecular complexity index is 386. The van der Waals surface area contributed by atoms with Crippen LogP contribution in [0.5, 0.6) is 0 Å². The molecule has 1 aliphatic heterocycles. The molecule has 0 aliphatic carbocycles. The van der Waals surface area contributed by atoms with Crippen molar-refractivity contribution < 1.29 is 0 Å². The summed E-state index contributed by atoms with van der Waals surface area (Å²) in [6, 6.07) is 0.618. The van der Waals surface area contributed by atoms with Crippen molar-refractivity contribution in [3.8, 4) is 0 Å². The van der Waals surface area contributed by atoms with E-state index in [0.29, 0.717) is 6.04 Å². The molecule has 2 rings (SSSR count). The van der Waals surface area contributed by atoms with Crippen LogP contribution in [0.25, 0.3) is 0 Å². The van der Waals surface area contributed by atoms with Crippen LogP contribution in [0.2, 0.25) is 0 Å². The molecule has 0 spiro atoms. The Morgan fingerprint density at radius 3 is 2.94 bits per heavy atom. The summed E-state index contributed by atoms with van der Waals surface area (Å²) in [6.45, 7) is 8.87. The lowest BCUT2D eigenvalue weighted by Crippen LogP contribution is -2.53. The van der Waals surface area contributed by atoms with Gasteiger partial charge in [0.05, 0.1) is 5.54 Å². The van der Waals surface area contributed by atoms with E-state index in [0.717, 1.165) is 25.2 Å². The normalized spacial score (nSPS) is 29.7. The Kier molecular flexibility index (Phi) is 4.41. The average Bonchev–Trinajstić information content (AvgIpc) is 2.78. The first-order valence-electron chi connectivity index (χ1n) is 6.95. The van der Waals surface area contributed by atoms with Crippen LogP contribution in [0, 0.1) is 6.92 Å². The Morgan fingerprint density at radius 2 is 2.39 bits per heavy atom. The molecule has 2 heterocycles. The lowest BCUT2D eigenvalue weighted by molar-refractivity contribution is 0.106. The topological polar surface area (TPSA) is 28.2 Å². The Labute approximate surface area is 115 Å². The number of nitrogens with one attached hydrogen (secondary N) is 1. The Balaban J connectivity index is 2.23. The maximum atomic E-state index is 4.76. The minimum Gasteiger partial charge on any atom is -0.305 e. The summed E-state index contributed by atoms with van der Waals surface area (Å²) in [6.07, 6.45) is 3.51. The summed E-state index contributed by atoms with van der Waals surface area (Å²) in [5.74, 6) is 0. The second-order valence-corrected chi connectivity index (χ2v) is 6.44. The second kappa shape index (κ2) is 5.68. The Hall–Kier alpha value is -0.450. The van der Waals surface area contributed by atoms with E-state index in [9.17, 15) is 0 Å². The lowest BCUT2D eigenvalue weighted by atomic mass is 9.84. The molecule has 1 aromatic heterocycles. The van der Waals surface area contributed by atoms with Crippen LogP contribution >= 0.6 is 11.3 Å². The highest BCUT2D eigenvalue weighted by molar-refractivity contribution is 7.09. The smallest absolute Gasteiger partial charge is 0.113 e. The van der Waals surface area contributed by atoms with Crippen LogP contribution in [0.1, 0.15) is 43.8 Å². The molecule has 2 unspecified atom stereocenters. The molecular weight excluding hydrogens is 242 g/mol. The van der Waals surface area contributed by atoms with Crippen molar-refractivity contribution in [2.75, 3.05) is 20.1 Å². The van der Waals surface area contributed by atoms with Gasteiger partial charge in [-0.3, -0.25) is 0 Å². The monoisotopic (exact) mass is 267 g/mol. The molecule has 0 amide bonds. The zero-order valence-corrected chi connectivity index (χ0v) is 12.8. The fourth-order valence-electron chi connectivity index (χ4n) is 2.72. The van der Waals surface area contributed by atoms with E-state index < -0.39 is 0 Å². The number of nitrogens with zero attached hydrogens (tertiary/aromatic N) is 2. The van der Waals surface area contributed by atoms with Gasteiger partial charge < -0.3 is 10.2 Å². The van der Waals surface area contributed by atoms with Crippen molar-refractivity contribution in [2.24, 2.45) is 0 Å². The van der Waals surface area contributed by atoms with Gasteiger partial charge in [-0.2, -0.15) is 0 Å². The molecule has 18 heavy (non-hydrogen) atoms. The number of hydrogen-bond acceptors (Lipinski definition) is 4. The summed E-state index contributed by atoms with van der Waals surface area (Å²) in [7, 11) is 2.22. The maximum Gasteiger partial charge on any atom is 0.113 e. The first kappa shape index (κ1) is 14.0. The molecule has 0 radical (unpaired) electrons. The molecule has 0 bridgehead atoms. The molecule has 4 heteroatoms. The fraction of sp³-hybridized carbons (Fsp3) is 0.786. The number of aromatic nitrogens is 1. The van der Waals surface area contributed by atoms with E-state index in [1.807, 2.05) is 11.3 Å². The van der Waals surface area contributed by atoms with Gasteiger partial charge in [0.1, 0.15) is 5.01 Å². The van der Waals surface area contributed by atoms with E-state index in [1.54, 1.807) is 0 Å². The Morgan fingerprint density at radius 1 is 1.61 bits per heavy atom. The van der Waals surface area contributed by atoms with Gasteiger partial charge >= 0.3 is 0 Å². The third-order valence-corrected chi connectivity index (χ3v) is 5.19. The van der Waals surface area contributed by atoms with E-state index >= 15 is 0 Å². The molecule has 1 aliphatic rings. The predicted molar refractivity (Wildman–Crippen MR) is 78.1 cm³/mol. The van der Waals surface area contributed by atoms with Crippen molar-refractivity contribution in [1.29, 1.82) is 0 Å². The lowest BCUT2D eigenvalue weighted by Gasteiger charge is -2.44. The third-order valence-electron chi connectivity index (χ3n) is 4.03. The van der Waals surface area contributed by atoms with Crippen LogP contribution in [-0.4, -0.2) is 36.1 Å². The highest BCUT2D eigenvalue weighted by atomic mass is 32.1. The maximum absolute atomic E-state index is 4.76. The minimum absolute atomic E-state index is 0.112. The second-order valence-electron chi connectivity index (χ2n) is 5.59. The summed E-state index contributed by atoms with van der Waals surface area (Å²) >= 11 is 1.82. The van der Waals surface area contributed by atoms with Crippen molar-refractivity contribution >= 4 is 11.3 Å². The van der Waals surface area contributed by atoms with Crippen molar-refractivity contribution in [1.82, 2.24) is 15.2 Å². The molecule has 1 saturated heterocycles. The van der Waals surface area contributed by atoms with E-state index in [-0.39, 0.29) is 5.54 Å². The van der Waals surface area contributed by atoms with Gasteiger partial charge in [0.2, 0.25) is 0 Å². The standard InChI is InChI=1S/C14H25N3S/c1-5-7-15-14(13-16-11(2)10-18-13)6-8-17(4)12(3)9-14/h10,12,15H,5-9H2,1-4H3. The van der Waals surface area contributed by atoms with Crippen LogP contribution in [0.3, 0.4) is 0 Å². The molecular formula is C14H25N3S. The molecule has 102 valence electrons.